The van der Waals surface area contributed by atoms with E-state index in [0.717, 1.165) is 16.5 Å². The van der Waals surface area contributed by atoms with Gasteiger partial charge in [-0.25, -0.2) is 0 Å². The molecule has 23 heavy (non-hydrogen) atoms. The van der Waals surface area contributed by atoms with Gasteiger partial charge in [-0.1, -0.05) is 36.4 Å². The number of benzene rings is 2. The minimum Gasteiger partial charge on any atom is -0.491 e. The normalized spacial score (nSPS) is 10.6. The molecule has 6 nitrogen and oxygen atoms in total. The minimum absolute atomic E-state index is 0.116. The summed E-state index contributed by atoms with van der Waals surface area (Å²) < 4.78 is 7.03. The highest BCUT2D eigenvalue weighted by molar-refractivity contribution is 5.88. The number of nitrogens with zero attached hydrogens (tertiary/aromatic N) is 2. The molecule has 0 aliphatic heterocycles. The second-order valence-corrected chi connectivity index (χ2v) is 5.00. The first-order valence-electron chi connectivity index (χ1n) is 7.10. The zero-order valence-electron chi connectivity index (χ0n) is 12.2. The molecule has 0 bridgehead atoms. The van der Waals surface area contributed by atoms with Crippen LogP contribution in [-0.4, -0.2) is 16.1 Å². The van der Waals surface area contributed by atoms with Crippen LogP contribution in [0.25, 0.3) is 10.8 Å². The quantitative estimate of drug-likeness (QED) is 0.536. The molecule has 0 fully saturated rings. The maximum atomic E-state index is 11.7. The number of nitro groups is 1. The standard InChI is InChI=1S/C17H14N2O4/c20-17-9-8-14(19(21)22)12-18(17)10-11-23-16-7-3-5-13-4-1-2-6-15(13)16/h1-9,12H,10-11H2. The number of hydrogen-bond donors (Lipinski definition) is 0. The Balaban J connectivity index is 1.75. The molecule has 3 rings (SSSR count). The van der Waals surface area contributed by atoms with Crippen LogP contribution >= 0.6 is 0 Å². The van der Waals surface area contributed by atoms with Crippen molar-refractivity contribution >= 4 is 16.5 Å². The molecule has 6 heteroatoms. The van der Waals surface area contributed by atoms with Gasteiger partial charge in [-0.05, 0) is 11.5 Å². The highest BCUT2D eigenvalue weighted by Gasteiger charge is 2.08. The van der Waals surface area contributed by atoms with Gasteiger partial charge in [-0.2, -0.15) is 0 Å². The molecule has 0 radical (unpaired) electrons. The van der Waals surface area contributed by atoms with Crippen LogP contribution in [0.3, 0.4) is 0 Å². The third-order valence-electron chi connectivity index (χ3n) is 3.52. The maximum Gasteiger partial charge on any atom is 0.285 e. The Morgan fingerprint density at radius 2 is 1.83 bits per heavy atom. The van der Waals surface area contributed by atoms with Crippen molar-refractivity contribution in [3.05, 3.63) is 81.3 Å². The second kappa shape index (κ2) is 6.31. The van der Waals surface area contributed by atoms with E-state index in [1.165, 1.54) is 22.9 Å². The third-order valence-corrected chi connectivity index (χ3v) is 3.52. The lowest BCUT2D eigenvalue weighted by Crippen LogP contribution is -2.22. The average molecular weight is 310 g/mol. The molecule has 0 saturated heterocycles. The van der Waals surface area contributed by atoms with Gasteiger partial charge in [0, 0.05) is 17.5 Å². The van der Waals surface area contributed by atoms with Gasteiger partial charge < -0.3 is 9.30 Å². The van der Waals surface area contributed by atoms with Crippen molar-refractivity contribution in [2.45, 2.75) is 6.54 Å². The minimum atomic E-state index is -0.526. The molecule has 116 valence electrons. The Kier molecular flexibility index (Phi) is 4.05. The van der Waals surface area contributed by atoms with E-state index in [0.29, 0.717) is 0 Å². The molecular formula is C17H14N2O4. The van der Waals surface area contributed by atoms with Crippen LogP contribution in [0.1, 0.15) is 0 Å². The molecule has 0 saturated carbocycles. The molecule has 0 atom stereocenters. The summed E-state index contributed by atoms with van der Waals surface area (Å²) in [6.07, 6.45) is 1.23. The van der Waals surface area contributed by atoms with E-state index in [1.54, 1.807) is 0 Å². The second-order valence-electron chi connectivity index (χ2n) is 5.00. The fraction of sp³-hybridized carbons (Fsp3) is 0.118. The highest BCUT2D eigenvalue weighted by atomic mass is 16.6. The van der Waals surface area contributed by atoms with E-state index in [4.69, 9.17) is 4.74 Å². The van der Waals surface area contributed by atoms with E-state index < -0.39 is 4.92 Å². The lowest BCUT2D eigenvalue weighted by atomic mass is 10.1. The SMILES string of the molecule is O=c1ccc([N+](=O)[O-])cn1CCOc1cccc2ccccc12. The number of pyridine rings is 1. The third kappa shape index (κ3) is 3.21. The van der Waals surface area contributed by atoms with Gasteiger partial charge >= 0.3 is 0 Å². The summed E-state index contributed by atoms with van der Waals surface area (Å²) in [5.41, 5.74) is -0.410. The lowest BCUT2D eigenvalue weighted by Gasteiger charge is -2.10. The molecule has 1 heterocycles. The predicted octanol–water partition coefficient (Wildman–Crippen LogP) is 2.99. The predicted molar refractivity (Wildman–Crippen MR) is 86.8 cm³/mol. The summed E-state index contributed by atoms with van der Waals surface area (Å²) in [6, 6.07) is 16.0. The summed E-state index contributed by atoms with van der Waals surface area (Å²) >= 11 is 0. The molecule has 2 aromatic carbocycles. The number of ether oxygens (including phenoxy) is 1. The van der Waals surface area contributed by atoms with Crippen molar-refractivity contribution in [3.63, 3.8) is 0 Å². The summed E-state index contributed by atoms with van der Waals surface area (Å²) in [7, 11) is 0. The van der Waals surface area contributed by atoms with Gasteiger partial charge in [0.05, 0.1) is 17.7 Å². The van der Waals surface area contributed by atoms with Gasteiger partial charge in [0.15, 0.2) is 0 Å². The van der Waals surface area contributed by atoms with Crippen molar-refractivity contribution in [1.29, 1.82) is 0 Å². The van der Waals surface area contributed by atoms with Gasteiger partial charge in [-0.15, -0.1) is 0 Å². The average Bonchev–Trinajstić information content (AvgIpc) is 2.56. The Morgan fingerprint density at radius 3 is 2.65 bits per heavy atom. The van der Waals surface area contributed by atoms with Gasteiger partial charge in [0.1, 0.15) is 12.4 Å². The van der Waals surface area contributed by atoms with Crippen LogP contribution in [-0.2, 0) is 6.54 Å². The first-order chi connectivity index (χ1) is 11.1. The van der Waals surface area contributed by atoms with Gasteiger partial charge in [-0.3, -0.25) is 14.9 Å². The number of rotatable bonds is 5. The molecule has 0 spiro atoms. The zero-order valence-corrected chi connectivity index (χ0v) is 12.2. The van der Waals surface area contributed by atoms with Crippen LogP contribution in [0.4, 0.5) is 5.69 Å². The number of hydrogen-bond acceptors (Lipinski definition) is 4. The van der Waals surface area contributed by atoms with Gasteiger partial charge in [0.2, 0.25) is 0 Å². The molecule has 1 aromatic heterocycles. The molecular weight excluding hydrogens is 296 g/mol. The van der Waals surface area contributed by atoms with Crippen LogP contribution in [0.2, 0.25) is 0 Å². The topological polar surface area (TPSA) is 74.4 Å². The van der Waals surface area contributed by atoms with Crippen LogP contribution in [0.15, 0.2) is 65.6 Å². The summed E-state index contributed by atoms with van der Waals surface area (Å²) in [6.45, 7) is 0.485. The highest BCUT2D eigenvalue weighted by Crippen LogP contribution is 2.25. The van der Waals surface area contributed by atoms with Crippen molar-refractivity contribution in [3.8, 4) is 5.75 Å². The molecule has 3 aromatic rings. The first-order valence-corrected chi connectivity index (χ1v) is 7.10. The largest absolute Gasteiger partial charge is 0.491 e. The van der Waals surface area contributed by atoms with Gasteiger partial charge in [0.25, 0.3) is 11.2 Å². The van der Waals surface area contributed by atoms with Crippen molar-refractivity contribution in [2.75, 3.05) is 6.61 Å². The monoisotopic (exact) mass is 310 g/mol. The first kappa shape index (κ1) is 14.8. The van der Waals surface area contributed by atoms with Crippen molar-refractivity contribution in [1.82, 2.24) is 4.57 Å². The molecule has 0 unspecified atom stereocenters. The summed E-state index contributed by atoms with van der Waals surface area (Å²) in [5, 5.41) is 12.8. The van der Waals surface area contributed by atoms with Crippen molar-refractivity contribution < 1.29 is 9.66 Å². The Bertz CT molecular complexity index is 912. The maximum absolute atomic E-state index is 11.7. The van der Waals surface area contributed by atoms with Crippen LogP contribution in [0.5, 0.6) is 5.75 Å². The molecule has 0 aliphatic carbocycles. The van der Waals surface area contributed by atoms with E-state index in [2.05, 4.69) is 0 Å². The van der Waals surface area contributed by atoms with E-state index in [-0.39, 0.29) is 24.4 Å². The fourth-order valence-corrected chi connectivity index (χ4v) is 2.38. The van der Waals surface area contributed by atoms with Crippen molar-refractivity contribution in [2.24, 2.45) is 0 Å². The lowest BCUT2D eigenvalue weighted by molar-refractivity contribution is -0.385. The molecule has 0 amide bonds. The van der Waals surface area contributed by atoms with E-state index in [1.807, 2.05) is 42.5 Å². The zero-order chi connectivity index (χ0) is 16.2. The molecule has 0 aliphatic rings. The fourth-order valence-electron chi connectivity index (χ4n) is 2.38. The van der Waals surface area contributed by atoms with E-state index in [9.17, 15) is 14.9 Å². The number of fused-ring (bicyclic) bond motifs is 1. The Hall–Kier alpha value is -3.15. The summed E-state index contributed by atoms with van der Waals surface area (Å²) in [5.74, 6) is 0.724. The van der Waals surface area contributed by atoms with Crippen LogP contribution in [0, 0.1) is 10.1 Å². The van der Waals surface area contributed by atoms with Crippen LogP contribution < -0.4 is 10.3 Å². The number of aromatic nitrogens is 1. The Morgan fingerprint density at radius 1 is 1.04 bits per heavy atom. The molecule has 0 N–H and O–H groups in total. The van der Waals surface area contributed by atoms with E-state index >= 15 is 0 Å². The smallest absolute Gasteiger partial charge is 0.285 e. The summed E-state index contributed by atoms with van der Waals surface area (Å²) in [4.78, 5) is 22.0. The Labute approximate surface area is 131 Å².